The third-order valence-corrected chi connectivity index (χ3v) is 8.19. The van der Waals surface area contributed by atoms with E-state index in [0.717, 1.165) is 28.2 Å². The van der Waals surface area contributed by atoms with Gasteiger partial charge >= 0.3 is 0 Å². The van der Waals surface area contributed by atoms with Crippen LogP contribution >= 0.6 is 12.4 Å². The van der Waals surface area contributed by atoms with Gasteiger partial charge in [-0.3, -0.25) is 14.7 Å². The summed E-state index contributed by atoms with van der Waals surface area (Å²) in [5, 5.41) is 12.5. The highest BCUT2D eigenvalue weighted by Crippen LogP contribution is 2.35. The quantitative estimate of drug-likeness (QED) is 0.0334. The highest BCUT2D eigenvalue weighted by atomic mass is 35.5. The first kappa shape index (κ1) is 40.7. The second-order valence-electron chi connectivity index (χ2n) is 10.4. The van der Waals surface area contributed by atoms with E-state index in [1.54, 1.807) is 56.7 Å². The molecule has 1 heterocycles. The molecule has 5 aromatic rings. The molecule has 0 fully saturated rings. The van der Waals surface area contributed by atoms with Gasteiger partial charge in [-0.05, 0) is 60.2 Å². The Labute approximate surface area is 308 Å². The summed E-state index contributed by atoms with van der Waals surface area (Å²) in [6, 6.07) is 25.9. The SMILES string of the molecule is C#Cc1cccc(Nc2ncnc3cc(OCCOC)c(OCCOC)cc23)c1.Cl.O=C(/C=C/c1cccc(S(=O)(=O)Nc2ccccc2)c1)NO. The number of amides is 1. The van der Waals surface area contributed by atoms with Crippen LogP contribution in [0.5, 0.6) is 11.5 Å². The minimum Gasteiger partial charge on any atom is -0.487 e. The van der Waals surface area contributed by atoms with Crippen molar-refractivity contribution in [2.24, 2.45) is 0 Å². The summed E-state index contributed by atoms with van der Waals surface area (Å²) in [4.78, 5) is 19.8. The number of para-hydroxylation sites is 1. The number of hydrogen-bond donors (Lipinski definition) is 4. The van der Waals surface area contributed by atoms with Crippen molar-refractivity contribution in [3.63, 3.8) is 0 Å². The predicted octanol–water partition coefficient (Wildman–Crippen LogP) is 5.83. The summed E-state index contributed by atoms with van der Waals surface area (Å²) in [5.74, 6) is 3.74. The number of anilines is 3. The molecule has 0 saturated heterocycles. The number of methoxy groups -OCH3 is 2. The Balaban J connectivity index is 0.000000285. The van der Waals surface area contributed by atoms with Gasteiger partial charge in [-0.15, -0.1) is 18.8 Å². The van der Waals surface area contributed by atoms with Crippen molar-refractivity contribution in [2.45, 2.75) is 4.90 Å². The van der Waals surface area contributed by atoms with Crippen LogP contribution in [0.1, 0.15) is 11.1 Å². The summed E-state index contributed by atoms with van der Waals surface area (Å²) in [7, 11) is -0.464. The maximum absolute atomic E-state index is 12.3. The Morgan fingerprint density at radius 2 is 1.52 bits per heavy atom. The lowest BCUT2D eigenvalue weighted by Crippen LogP contribution is -2.15. The number of aromatic nitrogens is 2. The third kappa shape index (κ3) is 12.3. The smallest absolute Gasteiger partial charge is 0.267 e. The van der Waals surface area contributed by atoms with Crippen molar-refractivity contribution >= 4 is 62.5 Å². The molecule has 4 N–H and O–H groups in total. The van der Waals surface area contributed by atoms with E-state index in [4.69, 9.17) is 30.6 Å². The second-order valence-corrected chi connectivity index (χ2v) is 12.1. The van der Waals surface area contributed by atoms with Crippen LogP contribution in [-0.2, 0) is 24.3 Å². The summed E-state index contributed by atoms with van der Waals surface area (Å²) < 4.78 is 48.9. The number of carbonyl (C=O) groups is 1. The average Bonchev–Trinajstić information content (AvgIpc) is 3.15. The van der Waals surface area contributed by atoms with Crippen LogP contribution in [0.3, 0.4) is 0 Å². The van der Waals surface area contributed by atoms with Gasteiger partial charge in [0, 0.05) is 48.7 Å². The van der Waals surface area contributed by atoms with Gasteiger partial charge in [0.1, 0.15) is 25.4 Å². The van der Waals surface area contributed by atoms with Crippen molar-refractivity contribution in [1.29, 1.82) is 0 Å². The Morgan fingerprint density at radius 1 is 0.846 bits per heavy atom. The van der Waals surface area contributed by atoms with Crippen LogP contribution in [0.4, 0.5) is 17.2 Å². The van der Waals surface area contributed by atoms with Crippen LogP contribution in [0.15, 0.2) is 108 Å². The molecular weight excluding hydrogens is 710 g/mol. The Morgan fingerprint density at radius 3 is 2.19 bits per heavy atom. The van der Waals surface area contributed by atoms with Gasteiger partial charge in [-0.1, -0.05) is 42.3 Å². The number of benzene rings is 4. The van der Waals surface area contributed by atoms with Crippen LogP contribution in [-0.4, -0.2) is 70.1 Å². The minimum atomic E-state index is -3.71. The maximum Gasteiger partial charge on any atom is 0.267 e. The van der Waals surface area contributed by atoms with Crippen LogP contribution in [0.2, 0.25) is 0 Å². The molecule has 5 rings (SSSR count). The number of nitrogens with one attached hydrogen (secondary N) is 3. The largest absolute Gasteiger partial charge is 0.487 e. The minimum absolute atomic E-state index is 0. The van der Waals surface area contributed by atoms with Gasteiger partial charge in [-0.25, -0.2) is 23.9 Å². The number of rotatable bonds is 15. The first-order chi connectivity index (χ1) is 24.8. The number of hydrogen-bond acceptors (Lipinski definition) is 11. The zero-order chi connectivity index (χ0) is 36.5. The molecular formula is C37H38ClN5O8S. The fraction of sp³-hybridized carbons (Fsp3) is 0.162. The van der Waals surface area contributed by atoms with E-state index in [0.29, 0.717) is 55.0 Å². The summed E-state index contributed by atoms with van der Waals surface area (Å²) >= 11 is 0. The number of nitrogens with zero attached hydrogens (tertiary/aromatic N) is 2. The normalized spacial score (nSPS) is 10.7. The molecule has 0 atom stereocenters. The summed E-state index contributed by atoms with van der Waals surface area (Å²) in [6.07, 6.45) is 9.48. The van der Waals surface area contributed by atoms with Crippen LogP contribution in [0, 0.1) is 12.3 Å². The van der Waals surface area contributed by atoms with Crippen LogP contribution in [0.25, 0.3) is 17.0 Å². The molecule has 1 amide bonds. The molecule has 0 spiro atoms. The number of fused-ring (bicyclic) bond motifs is 1. The predicted molar refractivity (Wildman–Crippen MR) is 202 cm³/mol. The highest BCUT2D eigenvalue weighted by Gasteiger charge is 2.15. The molecule has 0 radical (unpaired) electrons. The molecule has 15 heteroatoms. The van der Waals surface area contributed by atoms with Gasteiger partial charge in [0.05, 0.1) is 23.6 Å². The topological polar surface area (TPSA) is 170 Å². The van der Waals surface area contributed by atoms with E-state index in [9.17, 15) is 13.2 Å². The van der Waals surface area contributed by atoms with Crippen LogP contribution < -0.4 is 25.0 Å². The van der Waals surface area contributed by atoms with E-state index in [1.165, 1.54) is 30.0 Å². The lowest BCUT2D eigenvalue weighted by atomic mass is 10.2. The van der Waals surface area contributed by atoms with Crippen molar-refractivity contribution in [3.8, 4) is 23.8 Å². The third-order valence-electron chi connectivity index (χ3n) is 6.81. The summed E-state index contributed by atoms with van der Waals surface area (Å²) in [5.41, 5.74) is 4.77. The Bertz CT molecular complexity index is 2090. The summed E-state index contributed by atoms with van der Waals surface area (Å²) in [6.45, 7) is 1.73. The Kier molecular flexibility index (Phi) is 16.3. The molecule has 1 aromatic heterocycles. The molecule has 0 aliphatic carbocycles. The number of hydroxylamine groups is 1. The standard InChI is InChI=1S/C22H23N3O4.C15H14N2O4S.ClH/c1-4-16-6-5-7-17(12-16)25-22-18-13-20(28-10-8-26-2)21(29-11-9-27-3)14-19(18)23-15-24-22;18-15(16-19)10-9-12-5-4-8-14(11-12)22(20,21)17-13-6-2-1-3-7-13;/h1,5-7,12-15H,8-11H2,2-3H3,(H,23,24,25);1-11,17,19H,(H,16,18);1H/b;10-9+;. The fourth-order valence-electron chi connectivity index (χ4n) is 4.40. The average molecular weight is 748 g/mol. The fourth-order valence-corrected chi connectivity index (χ4v) is 5.51. The first-order valence-electron chi connectivity index (χ1n) is 15.4. The van der Waals surface area contributed by atoms with Gasteiger partial charge in [0.2, 0.25) is 0 Å². The number of carbonyl (C=O) groups excluding carboxylic acids is 1. The lowest BCUT2D eigenvalue weighted by molar-refractivity contribution is -0.124. The lowest BCUT2D eigenvalue weighted by Gasteiger charge is -2.15. The number of sulfonamides is 1. The molecule has 0 saturated carbocycles. The van der Waals surface area contributed by atoms with E-state index in [1.807, 2.05) is 36.4 Å². The maximum atomic E-state index is 12.3. The first-order valence-corrected chi connectivity index (χ1v) is 16.9. The van der Waals surface area contributed by atoms with Gasteiger partial charge in [-0.2, -0.15) is 0 Å². The van der Waals surface area contributed by atoms with E-state index in [-0.39, 0.29) is 17.3 Å². The zero-order valence-corrected chi connectivity index (χ0v) is 29.9. The van der Waals surface area contributed by atoms with Crippen molar-refractivity contribution in [2.75, 3.05) is 50.7 Å². The molecule has 0 aliphatic heterocycles. The highest BCUT2D eigenvalue weighted by molar-refractivity contribution is 7.92. The second kappa shape index (κ2) is 20.9. The molecule has 13 nitrogen and oxygen atoms in total. The molecule has 0 bridgehead atoms. The molecule has 4 aromatic carbocycles. The molecule has 272 valence electrons. The molecule has 0 unspecified atom stereocenters. The Hall–Kier alpha value is -5.69. The van der Waals surface area contributed by atoms with Gasteiger partial charge in [0.25, 0.3) is 15.9 Å². The zero-order valence-electron chi connectivity index (χ0n) is 28.3. The van der Waals surface area contributed by atoms with Gasteiger partial charge in [0.15, 0.2) is 11.5 Å². The van der Waals surface area contributed by atoms with E-state index in [2.05, 4.69) is 25.9 Å². The van der Waals surface area contributed by atoms with Crippen molar-refractivity contribution < 1.29 is 37.4 Å². The van der Waals surface area contributed by atoms with Crippen molar-refractivity contribution in [3.05, 3.63) is 115 Å². The van der Waals surface area contributed by atoms with E-state index < -0.39 is 15.9 Å². The van der Waals surface area contributed by atoms with Crippen molar-refractivity contribution in [1.82, 2.24) is 15.4 Å². The van der Waals surface area contributed by atoms with E-state index >= 15 is 0 Å². The monoisotopic (exact) mass is 747 g/mol. The number of terminal acetylenes is 1. The number of halogens is 1. The number of ether oxygens (including phenoxy) is 4. The molecule has 0 aliphatic rings. The van der Waals surface area contributed by atoms with Gasteiger partial charge < -0.3 is 24.3 Å². The molecule has 52 heavy (non-hydrogen) atoms.